The van der Waals surface area contributed by atoms with Crippen molar-refractivity contribution in [2.45, 2.75) is 6.42 Å². The lowest BCUT2D eigenvalue weighted by Gasteiger charge is -2.18. The number of furan rings is 2. The summed E-state index contributed by atoms with van der Waals surface area (Å²) in [7, 11) is -0.446. The predicted molar refractivity (Wildman–Crippen MR) is 364 cm³/mol. The van der Waals surface area contributed by atoms with E-state index in [0.29, 0.717) is 5.69 Å². The zero-order valence-electron chi connectivity index (χ0n) is 47.1. The van der Waals surface area contributed by atoms with Gasteiger partial charge in [0, 0.05) is 60.0 Å². The molecule has 87 heavy (non-hydrogen) atoms. The smallest absolute Gasteiger partial charge is 0.136 e. The maximum absolute atomic E-state index is 11.5. The third-order valence-electron chi connectivity index (χ3n) is 16.8. The average Bonchev–Trinajstić information content (AvgIpc) is 1.82. The Morgan fingerprint density at radius 2 is 0.759 bits per heavy atom. The molecule has 0 fully saturated rings. The van der Waals surface area contributed by atoms with Gasteiger partial charge in [0.1, 0.15) is 28.0 Å². The van der Waals surface area contributed by atoms with Gasteiger partial charge in [-0.15, -0.1) is 4.91 Å². The summed E-state index contributed by atoms with van der Waals surface area (Å²) in [5.41, 5.74) is 18.3. The Labute approximate surface area is 502 Å². The fraction of sp³-hybridized carbons (Fsp3) is 0.0127. The van der Waals surface area contributed by atoms with Crippen LogP contribution in [0.25, 0.3) is 121 Å². The van der Waals surface area contributed by atoms with Crippen LogP contribution in [-0.4, -0.2) is 14.6 Å². The minimum absolute atomic E-state index is 0. The monoisotopic (exact) mass is 1140 g/mol. The van der Waals surface area contributed by atoms with Crippen molar-refractivity contribution in [1.29, 1.82) is 0 Å². The highest BCUT2D eigenvalue weighted by Crippen LogP contribution is 2.47. The van der Waals surface area contributed by atoms with E-state index < -0.39 is 7.92 Å². The Hall–Kier alpha value is -11.0. The Bertz CT molecular complexity index is 5310. The predicted octanol–water partition coefficient (Wildman–Crippen LogP) is 19.6. The van der Waals surface area contributed by atoms with Crippen LogP contribution in [-0.2, 0) is 6.42 Å². The van der Waals surface area contributed by atoms with Crippen LogP contribution >= 0.6 is 7.92 Å². The molecule has 0 aliphatic heterocycles. The molecule has 0 atom stereocenters. The number of benzene rings is 13. The third-order valence-corrected chi connectivity index (χ3v) is 19.3. The van der Waals surface area contributed by atoms with Gasteiger partial charge in [-0.05, 0) is 154 Å². The number of rotatable bonds is 7. The summed E-state index contributed by atoms with van der Waals surface area (Å²) in [4.78, 5) is 11.5. The van der Waals surface area contributed by atoms with E-state index in [1.54, 1.807) is 6.07 Å². The first kappa shape index (κ1) is 52.8. The van der Waals surface area contributed by atoms with E-state index in [9.17, 15) is 4.91 Å². The lowest BCUT2D eigenvalue weighted by atomic mass is 10.00. The normalized spacial score (nSPS) is 11.7. The van der Waals surface area contributed by atoms with Crippen molar-refractivity contribution in [3.05, 3.63) is 319 Å². The Kier molecular flexibility index (Phi) is 13.5. The van der Waals surface area contributed by atoms with E-state index in [1.807, 2.05) is 48.5 Å². The summed E-state index contributed by atoms with van der Waals surface area (Å²) < 4.78 is 17.2. The molecule has 17 aromatic rings. The highest BCUT2D eigenvalue weighted by atomic mass is 31.1. The Balaban J connectivity index is 0.000000114. The lowest BCUT2D eigenvalue weighted by Crippen LogP contribution is -2.20. The van der Waals surface area contributed by atoms with Crippen LogP contribution in [0.5, 0.6) is 0 Å². The molecule has 0 unspecified atom stereocenters. The summed E-state index contributed by atoms with van der Waals surface area (Å²) in [6, 6.07) is 106. The zero-order valence-corrected chi connectivity index (χ0v) is 48.0. The molecule has 4 heterocycles. The summed E-state index contributed by atoms with van der Waals surface area (Å²) in [6.07, 6.45) is 0.988. The molecule has 0 saturated heterocycles. The second-order valence-electron chi connectivity index (χ2n) is 21.7. The van der Waals surface area contributed by atoms with Crippen molar-refractivity contribution in [2.24, 2.45) is 5.18 Å². The van der Waals surface area contributed by atoms with Crippen molar-refractivity contribution >= 4 is 117 Å². The topological polar surface area (TPSA) is 97.1 Å². The van der Waals surface area contributed by atoms with Gasteiger partial charge in [-0.2, -0.15) is 0 Å². The summed E-state index contributed by atoms with van der Waals surface area (Å²) in [6.45, 7) is 0. The first-order valence-electron chi connectivity index (χ1n) is 29.0. The summed E-state index contributed by atoms with van der Waals surface area (Å²) >= 11 is 0. The number of hydrogen-bond donors (Lipinski definition) is 0. The maximum atomic E-state index is 11.5. The molecule has 4 aromatic heterocycles. The van der Waals surface area contributed by atoms with Crippen LogP contribution in [0.2, 0.25) is 0 Å². The molecule has 0 bridgehead atoms. The number of hydrogen-bond acceptors (Lipinski definition) is 4. The van der Waals surface area contributed by atoms with E-state index in [1.165, 1.54) is 76.4 Å². The number of nitroso groups, excluding NO2 is 1. The van der Waals surface area contributed by atoms with Gasteiger partial charge < -0.3 is 23.4 Å². The second kappa shape index (κ2) is 22.2. The first-order valence-corrected chi connectivity index (χ1v) is 30.4. The Morgan fingerprint density at radius 1 is 0.322 bits per heavy atom. The molecule has 0 spiro atoms. The molecule has 2 N–H and O–H groups in total. The fourth-order valence-electron chi connectivity index (χ4n) is 13.1. The van der Waals surface area contributed by atoms with Crippen LogP contribution in [0.4, 0.5) is 5.69 Å². The molecule has 0 saturated carbocycles. The molecular weight excluding hydrogens is 1090 g/mol. The molecule has 1 aliphatic carbocycles. The minimum Gasteiger partial charge on any atom is -0.456 e. The van der Waals surface area contributed by atoms with Gasteiger partial charge in [0.25, 0.3) is 0 Å². The van der Waals surface area contributed by atoms with Crippen LogP contribution < -0.4 is 15.9 Å². The molecule has 1 aliphatic rings. The van der Waals surface area contributed by atoms with Crippen molar-refractivity contribution in [3.8, 4) is 33.6 Å². The molecule has 8 heteroatoms. The summed E-state index contributed by atoms with van der Waals surface area (Å²) in [5, 5.41) is 16.8. The van der Waals surface area contributed by atoms with Crippen LogP contribution in [0, 0.1) is 4.91 Å². The molecule has 414 valence electrons. The van der Waals surface area contributed by atoms with Crippen molar-refractivity contribution in [1.82, 2.24) is 9.13 Å². The average molecular weight is 1140 g/mol. The highest BCUT2D eigenvalue weighted by Gasteiger charge is 2.25. The molecule has 0 amide bonds. The second-order valence-corrected chi connectivity index (χ2v) is 24.0. The Morgan fingerprint density at radius 3 is 1.30 bits per heavy atom. The van der Waals surface area contributed by atoms with Crippen molar-refractivity contribution in [3.63, 3.8) is 0 Å². The molecule has 13 aromatic carbocycles. The van der Waals surface area contributed by atoms with Crippen LogP contribution in [0.3, 0.4) is 0 Å². The first-order chi connectivity index (χ1) is 42.6. The quantitative estimate of drug-likeness (QED) is 0.117. The van der Waals surface area contributed by atoms with Gasteiger partial charge in [0.15, 0.2) is 0 Å². The van der Waals surface area contributed by atoms with Crippen molar-refractivity contribution < 1.29 is 14.3 Å². The van der Waals surface area contributed by atoms with E-state index in [4.69, 9.17) is 8.83 Å². The number of nitrogens with zero attached hydrogens (tertiary/aromatic N) is 3. The molecule has 18 rings (SSSR count). The summed E-state index contributed by atoms with van der Waals surface area (Å²) in [5.74, 6) is 0. The lowest BCUT2D eigenvalue weighted by molar-refractivity contribution is 0.669. The number of aromatic nitrogens is 2. The molecular formula is C79H54N3O4P. The van der Waals surface area contributed by atoms with E-state index >= 15 is 0 Å². The fourth-order valence-corrected chi connectivity index (χ4v) is 15.4. The number of para-hydroxylation sites is 4. The van der Waals surface area contributed by atoms with Crippen LogP contribution in [0.15, 0.2) is 317 Å². The van der Waals surface area contributed by atoms with Gasteiger partial charge in [-0.3, -0.25) is 0 Å². The number of fused-ring (bicyclic) bond motifs is 17. The van der Waals surface area contributed by atoms with E-state index in [-0.39, 0.29) is 5.48 Å². The standard InChI is InChI=1S/C31H19NO.C30H18N2O2.C18H15P.H2O/c1-2-9-21(10-3-1)32-26-14-15-29-31(23-12-6-7-13-28(23)33-29)30(26)25-18-24-20(17-27(25)32)16-19-8-4-5-11-22(19)24;33-31-24-12-6-4-10-21(24)19-14-15-25-23(18-19)29-26(32(25)20-8-2-1-3-9-20)16-17-28-30(29)22-11-5-7-13-27(22)34-28;1-4-10-16(11-5-1)19(17-12-6-2-7-13-17)18-14-8-3-9-15-18;/h1-15,17-18H,16H2;1-18H;1-15H;1H2. The van der Waals surface area contributed by atoms with E-state index in [0.717, 1.165) is 78.1 Å². The maximum Gasteiger partial charge on any atom is 0.136 e. The van der Waals surface area contributed by atoms with Gasteiger partial charge in [-0.1, -0.05) is 212 Å². The van der Waals surface area contributed by atoms with Gasteiger partial charge in [0.2, 0.25) is 0 Å². The van der Waals surface area contributed by atoms with Crippen LogP contribution in [0.1, 0.15) is 11.1 Å². The third kappa shape index (κ3) is 9.08. The largest absolute Gasteiger partial charge is 0.456 e. The molecule has 7 nitrogen and oxygen atoms in total. The van der Waals surface area contributed by atoms with Gasteiger partial charge >= 0.3 is 0 Å². The van der Waals surface area contributed by atoms with E-state index in [2.05, 4.69) is 263 Å². The van der Waals surface area contributed by atoms with Gasteiger partial charge in [-0.25, -0.2) is 0 Å². The molecule has 0 radical (unpaired) electrons. The minimum atomic E-state index is -0.446. The van der Waals surface area contributed by atoms with Gasteiger partial charge in [0.05, 0.1) is 22.1 Å². The van der Waals surface area contributed by atoms with Crippen molar-refractivity contribution in [2.75, 3.05) is 0 Å². The zero-order chi connectivity index (χ0) is 57.1. The SMILES string of the molecule is O.O=Nc1ccccc1-c1ccc2c(c1)c1c3c(ccc1n2-c1ccccc1)oc1ccccc13.c1ccc(-n2c3cc4c(cc3c3c5c(ccc32)oc2ccccc25)-c2ccccc2C4)cc1.c1ccc(P(c2ccccc2)c2ccccc2)cc1. The highest BCUT2D eigenvalue weighted by molar-refractivity contribution is 7.79.